The molecule has 0 amide bonds. The van der Waals surface area contributed by atoms with Gasteiger partial charge < -0.3 is 5.32 Å². The minimum Gasteiger partial charge on any atom is -0.381 e. The van der Waals surface area contributed by atoms with E-state index < -0.39 is 0 Å². The molecule has 0 atom stereocenters. The van der Waals surface area contributed by atoms with Crippen LogP contribution >= 0.6 is 0 Å². The van der Waals surface area contributed by atoms with E-state index in [0.29, 0.717) is 6.04 Å². The van der Waals surface area contributed by atoms with Gasteiger partial charge in [-0.1, -0.05) is 0 Å². The van der Waals surface area contributed by atoms with E-state index in [-0.39, 0.29) is 0 Å². The molecule has 0 bridgehead atoms. The van der Waals surface area contributed by atoms with E-state index in [4.69, 9.17) is 0 Å². The second kappa shape index (κ2) is 2.91. The Labute approximate surface area is 66.7 Å². The maximum absolute atomic E-state index is 4.03. The van der Waals surface area contributed by atoms with Crippen LogP contribution < -0.4 is 5.32 Å². The van der Waals surface area contributed by atoms with Crippen molar-refractivity contribution >= 4 is 5.69 Å². The molecule has 58 valence electrons. The molecule has 0 aromatic carbocycles. The first-order valence-electron chi connectivity index (χ1n) is 4.12. The van der Waals surface area contributed by atoms with Gasteiger partial charge in [0.25, 0.3) is 0 Å². The van der Waals surface area contributed by atoms with Gasteiger partial charge in [-0.15, -0.1) is 0 Å². The molecule has 1 N–H and O–H groups in total. The smallest absolute Gasteiger partial charge is 0.0528 e. The van der Waals surface area contributed by atoms with Gasteiger partial charge in [-0.3, -0.25) is 4.98 Å². The fourth-order valence-corrected chi connectivity index (χ4v) is 1.24. The molecule has 11 heavy (non-hydrogen) atoms. The van der Waals surface area contributed by atoms with Crippen molar-refractivity contribution in [1.82, 2.24) is 4.98 Å². The lowest BCUT2D eigenvalue weighted by molar-refractivity contribution is 0.445. The van der Waals surface area contributed by atoms with Crippen molar-refractivity contribution < 1.29 is 0 Å². The highest BCUT2D eigenvalue weighted by molar-refractivity contribution is 5.41. The summed E-state index contributed by atoms with van der Waals surface area (Å²) in [6.07, 6.45) is 7.67. The average molecular weight is 148 g/mol. The first-order valence-corrected chi connectivity index (χ1v) is 4.12. The first-order chi connectivity index (χ1) is 5.45. The molecule has 2 heteroatoms. The fourth-order valence-electron chi connectivity index (χ4n) is 1.24. The van der Waals surface area contributed by atoms with Crippen molar-refractivity contribution in [2.75, 3.05) is 5.32 Å². The van der Waals surface area contributed by atoms with Crippen LogP contribution in [0.5, 0.6) is 0 Å². The third-order valence-corrected chi connectivity index (χ3v) is 2.14. The van der Waals surface area contributed by atoms with Crippen LogP contribution in [-0.2, 0) is 0 Å². The Morgan fingerprint density at radius 1 is 1.45 bits per heavy atom. The van der Waals surface area contributed by atoms with Crippen molar-refractivity contribution in [3.8, 4) is 0 Å². The van der Waals surface area contributed by atoms with Gasteiger partial charge in [-0.05, 0) is 31.4 Å². The molecular weight excluding hydrogens is 136 g/mol. The molecule has 1 saturated carbocycles. The maximum Gasteiger partial charge on any atom is 0.0528 e. The fraction of sp³-hybridized carbons (Fsp3) is 0.444. The van der Waals surface area contributed by atoms with E-state index in [1.165, 1.54) is 19.3 Å². The molecule has 1 aromatic heterocycles. The molecule has 2 rings (SSSR count). The SMILES string of the molecule is c1cncc(NC2CCC2)c1. The molecule has 0 unspecified atom stereocenters. The predicted molar refractivity (Wildman–Crippen MR) is 45.5 cm³/mol. The van der Waals surface area contributed by atoms with Crippen molar-refractivity contribution in [3.05, 3.63) is 24.5 Å². The summed E-state index contributed by atoms with van der Waals surface area (Å²) in [4.78, 5) is 4.03. The van der Waals surface area contributed by atoms with Gasteiger partial charge in [-0.25, -0.2) is 0 Å². The predicted octanol–water partition coefficient (Wildman–Crippen LogP) is 2.05. The lowest BCUT2D eigenvalue weighted by Crippen LogP contribution is -2.26. The van der Waals surface area contributed by atoms with Crippen LogP contribution in [-0.4, -0.2) is 11.0 Å². The molecule has 1 aromatic rings. The van der Waals surface area contributed by atoms with Crippen molar-refractivity contribution in [2.24, 2.45) is 0 Å². The maximum atomic E-state index is 4.03. The third kappa shape index (κ3) is 1.50. The van der Waals surface area contributed by atoms with E-state index >= 15 is 0 Å². The van der Waals surface area contributed by atoms with Gasteiger partial charge in [-0.2, -0.15) is 0 Å². The normalized spacial score (nSPS) is 17.5. The van der Waals surface area contributed by atoms with Gasteiger partial charge in [0, 0.05) is 18.4 Å². The quantitative estimate of drug-likeness (QED) is 0.694. The van der Waals surface area contributed by atoms with Gasteiger partial charge in [0.15, 0.2) is 0 Å². The van der Waals surface area contributed by atoms with Crippen LogP contribution in [0.4, 0.5) is 5.69 Å². The monoisotopic (exact) mass is 148 g/mol. The average Bonchev–Trinajstić information content (AvgIpc) is 1.99. The lowest BCUT2D eigenvalue weighted by atomic mass is 9.93. The molecule has 0 aliphatic heterocycles. The molecule has 1 fully saturated rings. The number of nitrogens with zero attached hydrogens (tertiary/aromatic N) is 1. The summed E-state index contributed by atoms with van der Waals surface area (Å²) in [5.74, 6) is 0. The second-order valence-electron chi connectivity index (χ2n) is 3.01. The van der Waals surface area contributed by atoms with Gasteiger partial charge in [0.1, 0.15) is 0 Å². The molecule has 0 spiro atoms. The first kappa shape index (κ1) is 6.65. The van der Waals surface area contributed by atoms with Crippen molar-refractivity contribution in [3.63, 3.8) is 0 Å². The Balaban J connectivity index is 1.95. The molecule has 1 aliphatic rings. The Morgan fingerprint density at radius 2 is 2.36 bits per heavy atom. The largest absolute Gasteiger partial charge is 0.381 e. The van der Waals surface area contributed by atoms with Crippen LogP contribution in [0.2, 0.25) is 0 Å². The molecule has 1 heterocycles. The zero-order chi connectivity index (χ0) is 7.52. The summed E-state index contributed by atoms with van der Waals surface area (Å²) in [6, 6.07) is 4.73. The van der Waals surface area contributed by atoms with Crippen molar-refractivity contribution in [2.45, 2.75) is 25.3 Å². The summed E-state index contributed by atoms with van der Waals surface area (Å²) >= 11 is 0. The van der Waals surface area contributed by atoms with Gasteiger partial charge in [0.05, 0.1) is 5.69 Å². The summed E-state index contributed by atoms with van der Waals surface area (Å²) in [5.41, 5.74) is 1.15. The second-order valence-corrected chi connectivity index (χ2v) is 3.01. The number of hydrogen-bond donors (Lipinski definition) is 1. The number of hydrogen-bond acceptors (Lipinski definition) is 2. The Kier molecular flexibility index (Phi) is 1.76. The van der Waals surface area contributed by atoms with E-state index in [1.54, 1.807) is 6.20 Å². The lowest BCUT2D eigenvalue weighted by Gasteiger charge is -2.27. The van der Waals surface area contributed by atoms with Gasteiger partial charge in [0.2, 0.25) is 0 Å². The number of aromatic nitrogens is 1. The molecule has 1 aliphatic carbocycles. The standard InChI is InChI=1S/C9H12N2/c1-3-8(4-1)11-9-5-2-6-10-7-9/h2,5-8,11H,1,3-4H2. The van der Waals surface area contributed by atoms with E-state index in [2.05, 4.69) is 16.4 Å². The highest BCUT2D eigenvalue weighted by Gasteiger charge is 2.16. The Bertz CT molecular complexity index is 216. The Morgan fingerprint density at radius 3 is 2.91 bits per heavy atom. The minimum absolute atomic E-state index is 0.708. The topological polar surface area (TPSA) is 24.9 Å². The van der Waals surface area contributed by atoms with E-state index in [1.807, 2.05) is 12.3 Å². The molecule has 0 radical (unpaired) electrons. The van der Waals surface area contributed by atoms with Crippen molar-refractivity contribution in [1.29, 1.82) is 0 Å². The Hall–Kier alpha value is -1.05. The van der Waals surface area contributed by atoms with Crippen LogP contribution in [0.15, 0.2) is 24.5 Å². The summed E-state index contributed by atoms with van der Waals surface area (Å²) in [6.45, 7) is 0. The summed E-state index contributed by atoms with van der Waals surface area (Å²) < 4.78 is 0. The highest BCUT2D eigenvalue weighted by Crippen LogP contribution is 2.22. The highest BCUT2D eigenvalue weighted by atomic mass is 14.9. The van der Waals surface area contributed by atoms with Crippen LogP contribution in [0.3, 0.4) is 0 Å². The summed E-state index contributed by atoms with van der Waals surface area (Å²) in [7, 11) is 0. The number of pyridine rings is 1. The molecule has 0 saturated heterocycles. The zero-order valence-electron chi connectivity index (χ0n) is 6.46. The minimum atomic E-state index is 0.708. The number of nitrogens with one attached hydrogen (secondary N) is 1. The van der Waals surface area contributed by atoms with Crippen LogP contribution in [0, 0.1) is 0 Å². The number of anilines is 1. The van der Waals surface area contributed by atoms with Gasteiger partial charge >= 0.3 is 0 Å². The van der Waals surface area contributed by atoms with Crippen LogP contribution in [0.25, 0.3) is 0 Å². The van der Waals surface area contributed by atoms with E-state index in [9.17, 15) is 0 Å². The number of rotatable bonds is 2. The summed E-state index contributed by atoms with van der Waals surface area (Å²) in [5, 5.41) is 3.42. The zero-order valence-corrected chi connectivity index (χ0v) is 6.46. The molecule has 2 nitrogen and oxygen atoms in total. The van der Waals surface area contributed by atoms with E-state index in [0.717, 1.165) is 5.69 Å². The third-order valence-electron chi connectivity index (χ3n) is 2.14. The van der Waals surface area contributed by atoms with Crippen LogP contribution in [0.1, 0.15) is 19.3 Å². The molecular formula is C9H12N2.